The number of imidazole rings is 1. The van der Waals surface area contributed by atoms with E-state index in [2.05, 4.69) is 4.98 Å². The van der Waals surface area contributed by atoms with Gasteiger partial charge in [0, 0.05) is 12.7 Å². The lowest BCUT2D eigenvalue weighted by molar-refractivity contribution is 0.162. The highest BCUT2D eigenvalue weighted by Gasteiger charge is 2.34. The molecule has 1 aromatic carbocycles. The summed E-state index contributed by atoms with van der Waals surface area (Å²) in [6, 6.07) is 2.15. The summed E-state index contributed by atoms with van der Waals surface area (Å²) in [6.45, 7) is 3.10. The molecule has 1 N–H and O–H groups in total. The van der Waals surface area contributed by atoms with Crippen molar-refractivity contribution in [2.45, 2.75) is 18.9 Å². The van der Waals surface area contributed by atoms with E-state index in [0.29, 0.717) is 23.5 Å². The number of fused-ring (bicyclic) bond motifs is 1. The van der Waals surface area contributed by atoms with Gasteiger partial charge in [-0.3, -0.25) is 0 Å². The Labute approximate surface area is 107 Å². The second-order valence-electron chi connectivity index (χ2n) is 4.85. The first kappa shape index (κ1) is 11.8. The molecule has 0 aliphatic carbocycles. The third kappa shape index (κ3) is 1.59. The number of hydrogen-bond donors (Lipinski definition) is 1. The normalized spacial score (nSPS) is 23.9. The Hall–Kier alpha value is -1.27. The Balaban J connectivity index is 2.35. The van der Waals surface area contributed by atoms with Gasteiger partial charge in [0.15, 0.2) is 10.6 Å². The minimum absolute atomic E-state index is 0.245. The molecule has 1 unspecified atom stereocenters. The number of H-pyrrole nitrogens is 1. The molecule has 6 heteroatoms. The summed E-state index contributed by atoms with van der Waals surface area (Å²) in [6.07, 6.45) is 0.770. The first-order valence-corrected chi connectivity index (χ1v) is 6.10. The molecule has 0 radical (unpaired) electrons. The first-order chi connectivity index (χ1) is 8.51. The quantitative estimate of drug-likeness (QED) is 0.807. The van der Waals surface area contributed by atoms with Gasteiger partial charge in [-0.15, -0.1) is 0 Å². The molecule has 96 valence electrons. The number of nitrogens with zero attached hydrogens (tertiary/aromatic N) is 1. The highest BCUT2D eigenvalue weighted by atomic mass is 32.1. The zero-order chi connectivity index (χ0) is 12.9. The summed E-state index contributed by atoms with van der Waals surface area (Å²) in [5.41, 5.74) is 0.343. The molecule has 1 saturated heterocycles. The van der Waals surface area contributed by atoms with Crippen molar-refractivity contribution >= 4 is 23.3 Å². The van der Waals surface area contributed by atoms with Crippen LogP contribution in [0, 0.1) is 16.4 Å². The van der Waals surface area contributed by atoms with E-state index < -0.39 is 11.6 Å². The maximum absolute atomic E-state index is 13.7. The summed E-state index contributed by atoms with van der Waals surface area (Å²) in [5, 5.41) is 0. The van der Waals surface area contributed by atoms with Crippen molar-refractivity contribution in [2.24, 2.45) is 0 Å². The fourth-order valence-electron chi connectivity index (χ4n) is 2.50. The van der Waals surface area contributed by atoms with E-state index in [0.717, 1.165) is 12.5 Å². The number of nitrogens with one attached hydrogen (secondary N) is 1. The average molecular weight is 270 g/mol. The van der Waals surface area contributed by atoms with Gasteiger partial charge < -0.3 is 14.3 Å². The molecule has 1 aliphatic rings. The van der Waals surface area contributed by atoms with Crippen LogP contribution in [0.15, 0.2) is 12.1 Å². The molecule has 3 rings (SSSR count). The monoisotopic (exact) mass is 270 g/mol. The van der Waals surface area contributed by atoms with Gasteiger partial charge in [-0.25, -0.2) is 8.78 Å². The van der Waals surface area contributed by atoms with Crippen LogP contribution in [0.3, 0.4) is 0 Å². The molecular formula is C12H12F2N2OS. The number of benzene rings is 1. The Morgan fingerprint density at radius 3 is 2.89 bits per heavy atom. The summed E-state index contributed by atoms with van der Waals surface area (Å²) in [4.78, 5) is 2.81. The smallest absolute Gasteiger partial charge is 0.178 e. The van der Waals surface area contributed by atoms with E-state index in [1.165, 1.54) is 6.07 Å². The Bertz CT molecular complexity index is 671. The molecule has 2 aromatic rings. The van der Waals surface area contributed by atoms with Gasteiger partial charge in [0.25, 0.3) is 0 Å². The van der Waals surface area contributed by atoms with Crippen LogP contribution in [-0.4, -0.2) is 22.8 Å². The van der Waals surface area contributed by atoms with Crippen molar-refractivity contribution < 1.29 is 13.5 Å². The zero-order valence-corrected chi connectivity index (χ0v) is 10.6. The van der Waals surface area contributed by atoms with Crippen molar-refractivity contribution in [3.8, 4) is 0 Å². The molecular weight excluding hydrogens is 258 g/mol. The molecule has 3 nitrogen and oxygen atoms in total. The Kier molecular flexibility index (Phi) is 2.53. The molecule has 1 aliphatic heterocycles. The maximum atomic E-state index is 13.7. The van der Waals surface area contributed by atoms with Gasteiger partial charge >= 0.3 is 0 Å². The van der Waals surface area contributed by atoms with Crippen LogP contribution in [0.5, 0.6) is 0 Å². The van der Waals surface area contributed by atoms with Gasteiger partial charge in [0.05, 0.1) is 17.7 Å². The first-order valence-electron chi connectivity index (χ1n) is 5.69. The lowest BCUT2D eigenvalue weighted by Crippen LogP contribution is -2.30. The SMILES string of the molecule is CC1(n2c(=S)[nH]c3c(F)cc(F)cc32)CCOC1. The van der Waals surface area contributed by atoms with Crippen molar-refractivity contribution in [3.05, 3.63) is 28.5 Å². The van der Waals surface area contributed by atoms with Crippen LogP contribution < -0.4 is 0 Å². The van der Waals surface area contributed by atoms with Gasteiger partial charge in [-0.2, -0.15) is 0 Å². The highest BCUT2D eigenvalue weighted by Crippen LogP contribution is 2.32. The van der Waals surface area contributed by atoms with E-state index in [-0.39, 0.29) is 11.1 Å². The van der Waals surface area contributed by atoms with Crippen molar-refractivity contribution in [2.75, 3.05) is 13.2 Å². The van der Waals surface area contributed by atoms with Crippen molar-refractivity contribution in [1.82, 2.24) is 9.55 Å². The van der Waals surface area contributed by atoms with E-state index in [4.69, 9.17) is 17.0 Å². The molecule has 1 atom stereocenters. The minimum atomic E-state index is -0.627. The summed E-state index contributed by atoms with van der Waals surface area (Å²) in [5.74, 6) is -1.23. The van der Waals surface area contributed by atoms with Gasteiger partial charge in [0.1, 0.15) is 11.3 Å². The van der Waals surface area contributed by atoms with Gasteiger partial charge in [0.2, 0.25) is 0 Å². The third-order valence-electron chi connectivity index (χ3n) is 3.45. The Morgan fingerprint density at radius 2 is 2.22 bits per heavy atom. The predicted octanol–water partition coefficient (Wildman–Crippen LogP) is 3.11. The Morgan fingerprint density at radius 1 is 1.44 bits per heavy atom. The zero-order valence-electron chi connectivity index (χ0n) is 9.80. The predicted molar refractivity (Wildman–Crippen MR) is 66.1 cm³/mol. The summed E-state index contributed by atoms with van der Waals surface area (Å²) >= 11 is 5.23. The average Bonchev–Trinajstić information content (AvgIpc) is 2.83. The second-order valence-corrected chi connectivity index (χ2v) is 5.23. The highest BCUT2D eigenvalue weighted by molar-refractivity contribution is 7.71. The van der Waals surface area contributed by atoms with Crippen molar-refractivity contribution in [1.29, 1.82) is 0 Å². The largest absolute Gasteiger partial charge is 0.379 e. The van der Waals surface area contributed by atoms with Crippen LogP contribution in [-0.2, 0) is 10.3 Å². The molecule has 0 amide bonds. The van der Waals surface area contributed by atoms with Crippen LogP contribution in [0.1, 0.15) is 13.3 Å². The minimum Gasteiger partial charge on any atom is -0.379 e. The fraction of sp³-hybridized carbons (Fsp3) is 0.417. The third-order valence-corrected chi connectivity index (χ3v) is 3.73. The molecule has 2 heterocycles. The number of aromatic nitrogens is 2. The number of aromatic amines is 1. The second kappa shape index (κ2) is 3.86. The summed E-state index contributed by atoms with van der Waals surface area (Å²) < 4.78 is 34.6. The van der Waals surface area contributed by atoms with Crippen LogP contribution in [0.4, 0.5) is 8.78 Å². The van der Waals surface area contributed by atoms with Crippen LogP contribution in [0.25, 0.3) is 11.0 Å². The molecule has 1 fully saturated rings. The molecule has 0 spiro atoms. The molecule has 0 bridgehead atoms. The van der Waals surface area contributed by atoms with Crippen LogP contribution in [0.2, 0.25) is 0 Å². The van der Waals surface area contributed by atoms with E-state index in [1.54, 1.807) is 4.57 Å². The lowest BCUT2D eigenvalue weighted by atomic mass is 10.0. The summed E-state index contributed by atoms with van der Waals surface area (Å²) in [7, 11) is 0. The van der Waals surface area contributed by atoms with Crippen LogP contribution >= 0.6 is 12.2 Å². The molecule has 0 saturated carbocycles. The molecule has 1 aromatic heterocycles. The maximum Gasteiger partial charge on any atom is 0.178 e. The number of hydrogen-bond acceptors (Lipinski definition) is 2. The number of halogens is 2. The van der Waals surface area contributed by atoms with E-state index in [9.17, 15) is 8.78 Å². The number of rotatable bonds is 1. The standard InChI is InChI=1S/C12H12F2N2OS/c1-12(2-3-17-6-12)16-9-5-7(13)4-8(14)10(9)15-11(16)18/h4-5H,2-3,6H2,1H3,(H,15,18). The van der Waals surface area contributed by atoms with Gasteiger partial charge in [-0.1, -0.05) is 0 Å². The lowest BCUT2D eigenvalue weighted by Gasteiger charge is -2.24. The fourth-order valence-corrected chi connectivity index (χ4v) is 2.92. The van der Waals surface area contributed by atoms with E-state index in [1.807, 2.05) is 6.92 Å². The van der Waals surface area contributed by atoms with Crippen molar-refractivity contribution in [3.63, 3.8) is 0 Å². The van der Waals surface area contributed by atoms with E-state index >= 15 is 0 Å². The number of ether oxygens (including phenoxy) is 1. The topological polar surface area (TPSA) is 29.9 Å². The van der Waals surface area contributed by atoms with Gasteiger partial charge in [-0.05, 0) is 31.6 Å². The molecule has 18 heavy (non-hydrogen) atoms.